The van der Waals surface area contributed by atoms with Gasteiger partial charge >= 0.3 is 0 Å². The maximum absolute atomic E-state index is 6.25. The first kappa shape index (κ1) is 13.5. The maximum atomic E-state index is 6.25. The molecule has 4 nitrogen and oxygen atoms in total. The molecule has 0 spiro atoms. The molecule has 0 aliphatic carbocycles. The van der Waals surface area contributed by atoms with Gasteiger partial charge in [0.2, 0.25) is 0 Å². The van der Waals surface area contributed by atoms with Crippen LogP contribution >= 0.6 is 22.9 Å². The van der Waals surface area contributed by atoms with Crippen molar-refractivity contribution in [2.24, 2.45) is 0 Å². The van der Waals surface area contributed by atoms with Crippen LogP contribution in [0.2, 0.25) is 5.02 Å². The molecule has 0 atom stereocenters. The Morgan fingerprint density at radius 3 is 2.75 bits per heavy atom. The third kappa shape index (κ3) is 2.31. The number of benzene rings is 1. The minimum absolute atomic E-state index is 0.351. The zero-order chi connectivity index (χ0) is 14.3. The van der Waals surface area contributed by atoms with Crippen LogP contribution in [-0.2, 0) is 0 Å². The molecule has 0 unspecified atom stereocenters. The van der Waals surface area contributed by atoms with Crippen molar-refractivity contribution >= 4 is 27.9 Å². The van der Waals surface area contributed by atoms with E-state index in [-0.39, 0.29) is 0 Å². The molecule has 2 N–H and O–H groups in total. The second-order valence-corrected chi connectivity index (χ2v) is 6.37. The van der Waals surface area contributed by atoms with Gasteiger partial charge in [0, 0.05) is 11.5 Å². The second kappa shape index (κ2) is 5.14. The van der Waals surface area contributed by atoms with Crippen LogP contribution in [0.15, 0.2) is 12.1 Å². The lowest BCUT2D eigenvalue weighted by molar-refractivity contribution is 0.172. The Kier molecular flexibility index (Phi) is 3.48. The SMILES string of the molecule is CC(C)c1nc(-c2cc(Cl)c3c(c2)OCCO3)c(N)s1. The number of anilines is 1. The molecule has 0 fully saturated rings. The Balaban J connectivity index is 2.08. The lowest BCUT2D eigenvalue weighted by Crippen LogP contribution is -2.15. The number of fused-ring (bicyclic) bond motifs is 1. The third-order valence-corrected chi connectivity index (χ3v) is 4.50. The molecule has 20 heavy (non-hydrogen) atoms. The molecular weight excluding hydrogens is 296 g/mol. The molecular formula is C14H15ClN2O2S. The molecule has 106 valence electrons. The number of hydrogen-bond donors (Lipinski definition) is 1. The fraction of sp³-hybridized carbons (Fsp3) is 0.357. The minimum Gasteiger partial charge on any atom is -0.486 e. The molecule has 1 aromatic heterocycles. The summed E-state index contributed by atoms with van der Waals surface area (Å²) in [6.07, 6.45) is 0. The van der Waals surface area contributed by atoms with Crippen LogP contribution in [-0.4, -0.2) is 18.2 Å². The van der Waals surface area contributed by atoms with Gasteiger partial charge in [-0.1, -0.05) is 25.4 Å². The predicted molar refractivity (Wildman–Crippen MR) is 82.1 cm³/mol. The van der Waals surface area contributed by atoms with E-state index in [2.05, 4.69) is 18.8 Å². The Labute approximate surface area is 126 Å². The fourth-order valence-electron chi connectivity index (χ4n) is 2.05. The van der Waals surface area contributed by atoms with Crippen LogP contribution in [0.25, 0.3) is 11.3 Å². The smallest absolute Gasteiger partial charge is 0.179 e. The molecule has 0 bridgehead atoms. The topological polar surface area (TPSA) is 57.4 Å². The number of rotatable bonds is 2. The summed E-state index contributed by atoms with van der Waals surface area (Å²) in [6.45, 7) is 5.23. The molecule has 0 amide bonds. The van der Waals surface area contributed by atoms with Crippen molar-refractivity contribution in [2.45, 2.75) is 19.8 Å². The number of hydrogen-bond acceptors (Lipinski definition) is 5. The molecule has 2 aromatic rings. The molecule has 1 aromatic carbocycles. The van der Waals surface area contributed by atoms with Gasteiger partial charge in [-0.05, 0) is 12.1 Å². The molecule has 1 aliphatic rings. The number of nitrogens with zero attached hydrogens (tertiary/aromatic N) is 1. The Hall–Kier alpha value is -1.46. The van der Waals surface area contributed by atoms with Crippen LogP contribution in [0.5, 0.6) is 11.5 Å². The van der Waals surface area contributed by atoms with Crippen molar-refractivity contribution < 1.29 is 9.47 Å². The summed E-state index contributed by atoms with van der Waals surface area (Å²) in [4.78, 5) is 4.61. The highest BCUT2D eigenvalue weighted by atomic mass is 35.5. The summed E-state index contributed by atoms with van der Waals surface area (Å²) in [5, 5.41) is 2.24. The summed E-state index contributed by atoms with van der Waals surface area (Å²) in [6, 6.07) is 3.71. The lowest BCUT2D eigenvalue weighted by atomic mass is 10.1. The number of nitrogens with two attached hydrogens (primary N) is 1. The average molecular weight is 311 g/mol. The summed E-state index contributed by atoms with van der Waals surface area (Å²) < 4.78 is 11.1. The first-order valence-corrected chi connectivity index (χ1v) is 7.61. The van der Waals surface area contributed by atoms with Crippen molar-refractivity contribution in [3.63, 3.8) is 0 Å². The van der Waals surface area contributed by atoms with E-state index in [1.807, 2.05) is 12.1 Å². The highest BCUT2D eigenvalue weighted by molar-refractivity contribution is 7.16. The summed E-state index contributed by atoms with van der Waals surface area (Å²) in [5.74, 6) is 1.60. The van der Waals surface area contributed by atoms with Crippen LogP contribution in [0, 0.1) is 0 Å². The van der Waals surface area contributed by atoms with Gasteiger partial charge in [0.25, 0.3) is 0 Å². The van der Waals surface area contributed by atoms with Gasteiger partial charge in [-0.2, -0.15) is 0 Å². The van der Waals surface area contributed by atoms with Crippen molar-refractivity contribution in [3.8, 4) is 22.8 Å². The Bertz CT molecular complexity index is 655. The zero-order valence-corrected chi connectivity index (χ0v) is 12.8. The van der Waals surface area contributed by atoms with Crippen molar-refractivity contribution in [1.29, 1.82) is 0 Å². The zero-order valence-electron chi connectivity index (χ0n) is 11.3. The maximum Gasteiger partial charge on any atom is 0.179 e. The van der Waals surface area contributed by atoms with E-state index in [9.17, 15) is 0 Å². The van der Waals surface area contributed by atoms with Gasteiger partial charge in [-0.25, -0.2) is 4.98 Å². The highest BCUT2D eigenvalue weighted by Gasteiger charge is 2.20. The van der Waals surface area contributed by atoms with Crippen LogP contribution in [0.4, 0.5) is 5.00 Å². The average Bonchev–Trinajstić information content (AvgIpc) is 2.81. The van der Waals surface area contributed by atoms with E-state index in [0.29, 0.717) is 40.7 Å². The molecule has 1 aliphatic heterocycles. The van der Waals surface area contributed by atoms with E-state index >= 15 is 0 Å². The Morgan fingerprint density at radius 2 is 2.05 bits per heavy atom. The van der Waals surface area contributed by atoms with Crippen molar-refractivity contribution in [1.82, 2.24) is 4.98 Å². The van der Waals surface area contributed by atoms with Gasteiger partial charge in [0.1, 0.15) is 23.9 Å². The molecule has 0 radical (unpaired) electrons. The van der Waals surface area contributed by atoms with E-state index < -0.39 is 0 Å². The molecule has 3 rings (SSSR count). The first-order chi connectivity index (χ1) is 9.56. The number of thiazole rings is 1. The predicted octanol–water partition coefficient (Wildman–Crippen LogP) is 3.94. The number of ether oxygens (including phenoxy) is 2. The van der Waals surface area contributed by atoms with Gasteiger partial charge in [0.15, 0.2) is 11.5 Å². The monoisotopic (exact) mass is 310 g/mol. The minimum atomic E-state index is 0.351. The van der Waals surface area contributed by atoms with Gasteiger partial charge < -0.3 is 15.2 Å². The summed E-state index contributed by atoms with van der Waals surface area (Å²) >= 11 is 7.76. The third-order valence-electron chi connectivity index (χ3n) is 3.03. The summed E-state index contributed by atoms with van der Waals surface area (Å²) in [5.41, 5.74) is 7.70. The molecule has 0 saturated carbocycles. The number of halogens is 1. The molecule has 0 saturated heterocycles. The number of aromatic nitrogens is 1. The van der Waals surface area contributed by atoms with E-state index in [1.54, 1.807) is 0 Å². The second-order valence-electron chi connectivity index (χ2n) is 4.90. The normalized spacial score (nSPS) is 13.8. The summed E-state index contributed by atoms with van der Waals surface area (Å²) in [7, 11) is 0. The fourth-order valence-corrected chi connectivity index (χ4v) is 3.17. The van der Waals surface area contributed by atoms with Gasteiger partial charge in [-0.15, -0.1) is 11.3 Å². The van der Waals surface area contributed by atoms with E-state index in [4.69, 9.17) is 26.8 Å². The lowest BCUT2D eigenvalue weighted by Gasteiger charge is -2.20. The van der Waals surface area contributed by atoms with Gasteiger partial charge in [-0.3, -0.25) is 0 Å². The van der Waals surface area contributed by atoms with Crippen LogP contribution in [0.3, 0.4) is 0 Å². The van der Waals surface area contributed by atoms with E-state index in [0.717, 1.165) is 16.3 Å². The van der Waals surface area contributed by atoms with Crippen LogP contribution < -0.4 is 15.2 Å². The molecule has 2 heterocycles. The molecule has 6 heteroatoms. The standard InChI is InChI=1S/C14H15ClN2O2S/c1-7(2)14-17-11(13(16)20-14)8-5-9(15)12-10(6-8)18-3-4-19-12/h5-7H,3-4,16H2,1-2H3. The van der Waals surface area contributed by atoms with E-state index in [1.165, 1.54) is 11.3 Å². The Morgan fingerprint density at radius 1 is 1.30 bits per heavy atom. The van der Waals surface area contributed by atoms with Crippen molar-refractivity contribution in [2.75, 3.05) is 18.9 Å². The van der Waals surface area contributed by atoms with Gasteiger partial charge in [0.05, 0.1) is 10.0 Å². The van der Waals surface area contributed by atoms with Crippen molar-refractivity contribution in [3.05, 3.63) is 22.2 Å². The highest BCUT2D eigenvalue weighted by Crippen LogP contribution is 2.43. The van der Waals surface area contributed by atoms with Crippen LogP contribution in [0.1, 0.15) is 24.8 Å². The quantitative estimate of drug-likeness (QED) is 0.912. The first-order valence-electron chi connectivity index (χ1n) is 6.42. The number of nitrogen functional groups attached to an aromatic ring is 1. The largest absolute Gasteiger partial charge is 0.486 e.